The fraction of sp³-hybridized carbons (Fsp3) is 0.250. The molecule has 1 radical (unpaired) electrons. The van der Waals surface area contributed by atoms with Crippen molar-refractivity contribution in [3.05, 3.63) is 6.42 Å². The zero-order valence-corrected chi connectivity index (χ0v) is 2.65. The summed E-state index contributed by atoms with van der Waals surface area (Å²) in [4.78, 5) is 0. The van der Waals surface area contributed by atoms with Crippen molar-refractivity contribution in [3.63, 3.8) is 0 Å². The van der Waals surface area contributed by atoms with Crippen molar-refractivity contribution in [2.45, 2.75) is 6.42 Å². The standard InChI is InChI=1S/C4H2N/c1-2-3-4-5/h3H2. The summed E-state index contributed by atoms with van der Waals surface area (Å²) in [6, 6.07) is 1.72. The Morgan fingerprint density at radius 3 is 2.40 bits per heavy atom. The molecule has 23 valence electrons. The number of hydrogen-bond acceptors (Lipinski definition) is 1. The average Bonchev–Trinajstić information content (AvgIpc) is 1.41. The second kappa shape index (κ2) is 3.05. The highest BCUT2D eigenvalue weighted by atomic mass is 14.2. The molecule has 1 heteroatoms. The van der Waals surface area contributed by atoms with Gasteiger partial charge in [0, 0.05) is 0 Å². The fourth-order valence-electron chi connectivity index (χ4n) is 0.0395. The Morgan fingerprint density at radius 1 is 1.80 bits per heavy atom. The van der Waals surface area contributed by atoms with Gasteiger partial charge in [0.1, 0.15) is 0 Å². The van der Waals surface area contributed by atoms with Gasteiger partial charge in [0.25, 0.3) is 0 Å². The first-order valence-electron chi connectivity index (χ1n) is 1.18. The van der Waals surface area contributed by atoms with E-state index in [4.69, 9.17) is 11.7 Å². The lowest BCUT2D eigenvalue weighted by Crippen LogP contribution is -1.46. The van der Waals surface area contributed by atoms with Crippen molar-refractivity contribution in [1.82, 2.24) is 0 Å². The minimum absolute atomic E-state index is 0.111. The van der Waals surface area contributed by atoms with E-state index in [0.29, 0.717) is 0 Å². The highest BCUT2D eigenvalue weighted by Crippen LogP contribution is 1.60. The van der Waals surface area contributed by atoms with Crippen LogP contribution in [0.15, 0.2) is 0 Å². The van der Waals surface area contributed by atoms with Crippen LogP contribution in [0, 0.1) is 23.7 Å². The van der Waals surface area contributed by atoms with Crippen molar-refractivity contribution in [2.75, 3.05) is 0 Å². The molecule has 0 fully saturated rings. The number of hydrogen-bond donors (Lipinski definition) is 0. The summed E-state index contributed by atoms with van der Waals surface area (Å²) < 4.78 is 0. The van der Waals surface area contributed by atoms with Gasteiger partial charge in [-0.15, -0.1) is 0 Å². The Kier molecular flexibility index (Phi) is 2.47. The maximum atomic E-state index is 7.63. The Bertz CT molecular complexity index is 68.8. The summed E-state index contributed by atoms with van der Waals surface area (Å²) in [5.74, 6) is 1.91. The number of nitriles is 1. The van der Waals surface area contributed by atoms with Crippen LogP contribution < -0.4 is 0 Å². The summed E-state index contributed by atoms with van der Waals surface area (Å²) in [7, 11) is 0. The van der Waals surface area contributed by atoms with E-state index in [0.717, 1.165) is 0 Å². The maximum absolute atomic E-state index is 7.63. The number of nitrogens with zero attached hydrogens (tertiary/aromatic N) is 1. The molecule has 0 aromatic rings. The molecular weight excluding hydrogens is 62.1 g/mol. The first kappa shape index (κ1) is 4.05. The van der Waals surface area contributed by atoms with Crippen molar-refractivity contribution in [3.8, 4) is 12.0 Å². The predicted molar refractivity (Wildman–Crippen MR) is 17.4 cm³/mol. The van der Waals surface area contributed by atoms with Gasteiger partial charge in [-0.2, -0.15) is 5.26 Å². The van der Waals surface area contributed by atoms with Gasteiger partial charge in [0.2, 0.25) is 0 Å². The Morgan fingerprint density at radius 2 is 2.40 bits per heavy atom. The molecular formula is C4H2N. The normalized spacial score (nSPS) is 4.40. The third-order valence-electron chi connectivity index (χ3n) is 0.167. The first-order chi connectivity index (χ1) is 2.41. The SMILES string of the molecule is [C]#CCC#N. The van der Waals surface area contributed by atoms with E-state index in [2.05, 4.69) is 0 Å². The molecule has 0 heterocycles. The summed E-state index contributed by atoms with van der Waals surface area (Å²) >= 11 is 0. The summed E-state index contributed by atoms with van der Waals surface area (Å²) in [5.41, 5.74) is 0. The zero-order valence-electron chi connectivity index (χ0n) is 2.65. The van der Waals surface area contributed by atoms with Gasteiger partial charge in [-0.1, -0.05) is 5.92 Å². The molecule has 0 aliphatic carbocycles. The summed E-state index contributed by atoms with van der Waals surface area (Å²) in [6.07, 6.45) is 6.24. The molecule has 0 amide bonds. The van der Waals surface area contributed by atoms with Gasteiger partial charge >= 0.3 is 0 Å². The molecule has 0 aromatic heterocycles. The van der Waals surface area contributed by atoms with E-state index in [1.165, 1.54) is 0 Å². The second-order valence-electron chi connectivity index (χ2n) is 0.512. The molecule has 0 aliphatic heterocycles. The maximum Gasteiger partial charge on any atom is 0.0973 e. The van der Waals surface area contributed by atoms with Crippen molar-refractivity contribution >= 4 is 0 Å². The van der Waals surface area contributed by atoms with Crippen molar-refractivity contribution < 1.29 is 0 Å². The van der Waals surface area contributed by atoms with Gasteiger partial charge in [-0.25, -0.2) is 0 Å². The molecule has 1 nitrogen and oxygen atoms in total. The minimum Gasteiger partial charge on any atom is -0.197 e. The van der Waals surface area contributed by atoms with Crippen LogP contribution in [-0.4, -0.2) is 0 Å². The molecule has 0 saturated carbocycles. The van der Waals surface area contributed by atoms with E-state index >= 15 is 0 Å². The van der Waals surface area contributed by atoms with Crippen LogP contribution in [0.5, 0.6) is 0 Å². The van der Waals surface area contributed by atoms with Crippen LogP contribution in [-0.2, 0) is 0 Å². The quantitative estimate of drug-likeness (QED) is 0.376. The lowest BCUT2D eigenvalue weighted by molar-refractivity contribution is 1.40. The van der Waals surface area contributed by atoms with Crippen molar-refractivity contribution in [1.29, 1.82) is 5.26 Å². The number of rotatable bonds is 0. The molecule has 0 aliphatic rings. The molecule has 5 heavy (non-hydrogen) atoms. The van der Waals surface area contributed by atoms with E-state index in [9.17, 15) is 0 Å². The molecule has 0 bridgehead atoms. The first-order valence-corrected chi connectivity index (χ1v) is 1.18. The highest BCUT2D eigenvalue weighted by Gasteiger charge is 1.57. The molecule has 0 unspecified atom stereocenters. The van der Waals surface area contributed by atoms with Gasteiger partial charge in [-0.05, 0) is 6.42 Å². The van der Waals surface area contributed by atoms with Crippen LogP contribution in [0.25, 0.3) is 0 Å². The van der Waals surface area contributed by atoms with Crippen molar-refractivity contribution in [2.24, 2.45) is 0 Å². The average molecular weight is 64.1 g/mol. The van der Waals surface area contributed by atoms with Gasteiger partial charge in [0.15, 0.2) is 0 Å². The highest BCUT2D eigenvalue weighted by molar-refractivity contribution is 4.89. The van der Waals surface area contributed by atoms with E-state index in [1.54, 1.807) is 6.07 Å². The fourth-order valence-corrected chi connectivity index (χ4v) is 0.0395. The monoisotopic (exact) mass is 64.0 g/mol. The van der Waals surface area contributed by atoms with Crippen LogP contribution >= 0.6 is 0 Å². The molecule has 0 aromatic carbocycles. The summed E-state index contributed by atoms with van der Waals surface area (Å²) in [6.45, 7) is 0. The lowest BCUT2D eigenvalue weighted by Gasteiger charge is -1.50. The third kappa shape index (κ3) is 3.05. The molecule has 0 saturated heterocycles. The molecule has 0 spiro atoms. The van der Waals surface area contributed by atoms with Gasteiger partial charge in [-0.3, -0.25) is 0 Å². The van der Waals surface area contributed by atoms with Gasteiger partial charge < -0.3 is 0 Å². The van der Waals surface area contributed by atoms with Crippen LogP contribution in [0.4, 0.5) is 0 Å². The van der Waals surface area contributed by atoms with Crippen LogP contribution in [0.3, 0.4) is 0 Å². The van der Waals surface area contributed by atoms with Crippen LogP contribution in [0.2, 0.25) is 0 Å². The predicted octanol–water partition coefficient (Wildman–Crippen LogP) is 0.490. The Labute approximate surface area is 31.2 Å². The largest absolute Gasteiger partial charge is 0.197 e. The lowest BCUT2D eigenvalue weighted by atomic mass is 10.5. The molecule has 0 rings (SSSR count). The minimum atomic E-state index is 0.111. The molecule has 0 N–H and O–H groups in total. The van der Waals surface area contributed by atoms with Crippen LogP contribution in [0.1, 0.15) is 6.42 Å². The zero-order chi connectivity index (χ0) is 4.12. The van der Waals surface area contributed by atoms with E-state index in [-0.39, 0.29) is 6.42 Å². The smallest absolute Gasteiger partial charge is 0.0973 e. The van der Waals surface area contributed by atoms with E-state index < -0.39 is 0 Å². The Hall–Kier alpha value is -0.950. The Balaban J connectivity index is 2.86. The second-order valence-corrected chi connectivity index (χ2v) is 0.512. The topological polar surface area (TPSA) is 23.8 Å². The molecule has 0 atom stereocenters. The van der Waals surface area contributed by atoms with E-state index in [1.807, 2.05) is 5.92 Å². The summed E-state index contributed by atoms with van der Waals surface area (Å²) in [5, 5.41) is 7.63. The third-order valence-corrected chi connectivity index (χ3v) is 0.167. The van der Waals surface area contributed by atoms with Gasteiger partial charge in [0.05, 0.1) is 12.5 Å².